The van der Waals surface area contributed by atoms with Crippen molar-refractivity contribution < 1.29 is 43.8 Å². The molecule has 2 heterocycles. The van der Waals surface area contributed by atoms with Crippen LogP contribution < -0.4 is 43.8 Å². The van der Waals surface area contributed by atoms with Crippen molar-refractivity contribution in [1.82, 2.24) is 41.5 Å². The van der Waals surface area contributed by atoms with Crippen LogP contribution >= 0.6 is 0 Å². The summed E-state index contributed by atoms with van der Waals surface area (Å²) in [4.78, 5) is 109. The molecule has 0 bridgehead atoms. The molecule has 0 unspecified atom stereocenters. The van der Waals surface area contributed by atoms with Gasteiger partial charge < -0.3 is 63.9 Å². The maximum atomic E-state index is 14.5. The van der Waals surface area contributed by atoms with Crippen LogP contribution in [0.4, 0.5) is 0 Å². The molecular formula is C46H66N12O9. The molecule has 1 saturated heterocycles. The van der Waals surface area contributed by atoms with Crippen molar-refractivity contribution in [1.29, 1.82) is 0 Å². The predicted octanol–water partition coefficient (Wildman–Crippen LogP) is -0.274. The van der Waals surface area contributed by atoms with E-state index in [9.17, 15) is 43.8 Å². The summed E-state index contributed by atoms with van der Waals surface area (Å²) in [5.74, 6) is -6.30. The van der Waals surface area contributed by atoms with E-state index >= 15 is 0 Å². The van der Waals surface area contributed by atoms with Gasteiger partial charge in [-0.15, -0.1) is 0 Å². The molecule has 8 atom stereocenters. The minimum atomic E-state index is -1.30. The summed E-state index contributed by atoms with van der Waals surface area (Å²) in [7, 11) is 0. The Balaban J connectivity index is 1.55. The minimum Gasteiger partial charge on any atom is -0.508 e. The summed E-state index contributed by atoms with van der Waals surface area (Å²) in [6.45, 7) is 7.40. The highest BCUT2D eigenvalue weighted by atomic mass is 16.4. The lowest BCUT2D eigenvalue weighted by Crippen LogP contribution is -2.61. The van der Waals surface area contributed by atoms with Gasteiger partial charge in [0.1, 0.15) is 42.0 Å². The number of likely N-dealkylation sites (tertiary alicyclic amines) is 1. The van der Waals surface area contributed by atoms with Crippen LogP contribution in [0, 0.1) is 11.8 Å². The first kappa shape index (κ1) is 52.6. The second kappa shape index (κ2) is 25.6. The number of nitrogens with zero attached hydrogens (tertiary/aromatic N) is 3. The quantitative estimate of drug-likeness (QED) is 0.0297. The van der Waals surface area contributed by atoms with E-state index in [2.05, 4.69) is 41.5 Å². The second-order valence-corrected chi connectivity index (χ2v) is 17.2. The fourth-order valence-corrected chi connectivity index (χ4v) is 7.64. The molecule has 21 nitrogen and oxygen atoms in total. The number of amides is 6. The maximum Gasteiger partial charge on any atom is 0.326 e. The Morgan fingerprint density at radius 3 is 2.04 bits per heavy atom. The van der Waals surface area contributed by atoms with E-state index in [4.69, 9.17) is 17.2 Å². The highest BCUT2D eigenvalue weighted by Gasteiger charge is 2.41. The minimum absolute atomic E-state index is 0.0212. The number of aromatic hydroxyl groups is 1. The number of aliphatic imine (C=N–C) groups is 1. The normalized spacial score (nSPS) is 16.6. The van der Waals surface area contributed by atoms with Gasteiger partial charge >= 0.3 is 5.97 Å². The fourth-order valence-electron chi connectivity index (χ4n) is 7.64. The highest BCUT2D eigenvalue weighted by molar-refractivity contribution is 5.97. The molecule has 1 aromatic heterocycles. The first-order valence-corrected chi connectivity index (χ1v) is 22.5. The Hall–Kier alpha value is -7.03. The number of imidazole rings is 1. The molecule has 0 spiro atoms. The van der Waals surface area contributed by atoms with Crippen molar-refractivity contribution in [3.8, 4) is 5.75 Å². The lowest BCUT2D eigenvalue weighted by atomic mass is 9.96. The number of H-pyrrole nitrogens is 1. The Labute approximate surface area is 389 Å². The van der Waals surface area contributed by atoms with Gasteiger partial charge in [-0.25, -0.2) is 9.78 Å². The van der Waals surface area contributed by atoms with Crippen molar-refractivity contribution in [3.05, 3.63) is 83.9 Å². The van der Waals surface area contributed by atoms with Crippen molar-refractivity contribution in [2.45, 2.75) is 121 Å². The number of aromatic amines is 1. The van der Waals surface area contributed by atoms with Crippen LogP contribution in [0.1, 0.15) is 76.6 Å². The molecule has 0 saturated carbocycles. The number of hydrogen-bond donors (Lipinski definition) is 11. The van der Waals surface area contributed by atoms with E-state index in [1.807, 2.05) is 6.92 Å². The number of nitrogens with two attached hydrogens (primary N) is 3. The molecule has 0 aliphatic carbocycles. The summed E-state index contributed by atoms with van der Waals surface area (Å²) in [5, 5.41) is 33.6. The second-order valence-electron chi connectivity index (χ2n) is 17.2. The molecular weight excluding hydrogens is 865 g/mol. The predicted molar refractivity (Wildman–Crippen MR) is 248 cm³/mol. The van der Waals surface area contributed by atoms with Gasteiger partial charge in [0.05, 0.1) is 12.4 Å². The number of carbonyl (C=O) groups excluding carboxylic acids is 6. The van der Waals surface area contributed by atoms with E-state index in [0.717, 1.165) is 0 Å². The third kappa shape index (κ3) is 16.1. The molecule has 364 valence electrons. The smallest absolute Gasteiger partial charge is 0.326 e. The summed E-state index contributed by atoms with van der Waals surface area (Å²) in [5.41, 5.74) is 18.6. The summed E-state index contributed by atoms with van der Waals surface area (Å²) >= 11 is 0. The van der Waals surface area contributed by atoms with Gasteiger partial charge in [0.2, 0.25) is 35.4 Å². The molecule has 1 aliphatic heterocycles. The molecule has 6 amide bonds. The van der Waals surface area contributed by atoms with Gasteiger partial charge in [-0.3, -0.25) is 33.8 Å². The number of rotatable bonds is 25. The van der Waals surface area contributed by atoms with Crippen molar-refractivity contribution in [3.63, 3.8) is 0 Å². The van der Waals surface area contributed by atoms with Crippen molar-refractivity contribution in [2.24, 2.45) is 34.0 Å². The zero-order valence-corrected chi connectivity index (χ0v) is 38.4. The van der Waals surface area contributed by atoms with E-state index in [1.165, 1.54) is 29.6 Å². The number of benzene rings is 2. The average Bonchev–Trinajstić information content (AvgIpc) is 4.01. The van der Waals surface area contributed by atoms with Crippen LogP contribution in [0.25, 0.3) is 0 Å². The zero-order chi connectivity index (χ0) is 49.2. The molecule has 4 rings (SSSR count). The van der Waals surface area contributed by atoms with Gasteiger partial charge in [-0.05, 0) is 60.8 Å². The number of aromatic nitrogens is 2. The SMILES string of the molecule is CC[C@@H](C)[C@H](NC(=O)[C@H](Cc1ccc(O)cc1)NC(=O)[C@@H](NC(=O)[C@@H](N)CCCN=C(N)N)C(C)C)C(=O)N[C@@H](Cc1cnc[nH]1)C(=O)N1CCC[C@@H]1C(=O)N[C@@H](Cc1ccccc1)C(=O)O. The molecule has 21 heteroatoms. The lowest BCUT2D eigenvalue weighted by molar-refractivity contribution is -0.145. The maximum absolute atomic E-state index is 14.5. The van der Waals surface area contributed by atoms with Crippen LogP contribution in [0.5, 0.6) is 5.75 Å². The number of nitrogens with one attached hydrogen (secondary N) is 6. The largest absolute Gasteiger partial charge is 0.508 e. The van der Waals surface area contributed by atoms with Crippen LogP contribution in [-0.2, 0) is 52.8 Å². The first-order chi connectivity index (χ1) is 31.9. The molecule has 14 N–H and O–H groups in total. The van der Waals surface area contributed by atoms with Gasteiger partial charge in [-0.2, -0.15) is 0 Å². The Morgan fingerprint density at radius 1 is 0.806 bits per heavy atom. The highest BCUT2D eigenvalue weighted by Crippen LogP contribution is 2.21. The van der Waals surface area contributed by atoms with Gasteiger partial charge in [0.25, 0.3) is 0 Å². The third-order valence-electron chi connectivity index (χ3n) is 11.7. The molecule has 0 radical (unpaired) electrons. The number of phenols is 1. The monoisotopic (exact) mass is 931 g/mol. The zero-order valence-electron chi connectivity index (χ0n) is 38.4. The molecule has 67 heavy (non-hydrogen) atoms. The number of aliphatic carboxylic acids is 1. The molecule has 1 aliphatic rings. The number of carboxylic acids is 1. The number of hydrogen-bond acceptors (Lipinski definition) is 11. The molecule has 2 aromatic carbocycles. The summed E-state index contributed by atoms with van der Waals surface area (Å²) < 4.78 is 0. The lowest BCUT2D eigenvalue weighted by Gasteiger charge is -2.32. The Bertz CT molecular complexity index is 2150. The summed E-state index contributed by atoms with van der Waals surface area (Å²) in [6.07, 6.45) is 4.52. The Kier molecular flexibility index (Phi) is 20.1. The first-order valence-electron chi connectivity index (χ1n) is 22.5. The number of carbonyl (C=O) groups is 7. The standard InChI is InChI=1S/C46H66N12O9/c1-5-27(4)38(57-40(61)33(21-29-15-17-31(59)18-16-29)53-42(63)37(26(2)3)56-39(60)32(47)13-9-19-51-46(48)49)43(64)54-34(23-30-24-50-25-52-30)44(65)58-20-10-14-36(58)41(62)55-35(45(66)67)22-28-11-7-6-8-12-28/h6-8,11-12,15-18,24-27,32-38,59H,5,9-10,13-14,19-23,47H2,1-4H3,(H,50,52)(H,53,63)(H,54,64)(H,55,62)(H,56,60)(H,57,61)(H,66,67)(H4,48,49,51)/t27-,32+,33+,34+,35+,36-,37+,38+/m1/s1. The van der Waals surface area contributed by atoms with Gasteiger partial charge in [0, 0.05) is 44.2 Å². The Morgan fingerprint density at radius 2 is 1.43 bits per heavy atom. The molecule has 3 aromatic rings. The average molecular weight is 931 g/mol. The van der Waals surface area contributed by atoms with Crippen LogP contribution in [0.2, 0.25) is 0 Å². The van der Waals surface area contributed by atoms with Crippen molar-refractivity contribution in [2.75, 3.05) is 13.1 Å². The van der Waals surface area contributed by atoms with Gasteiger partial charge in [-0.1, -0.05) is 76.6 Å². The molecule has 1 fully saturated rings. The van der Waals surface area contributed by atoms with Crippen LogP contribution in [0.15, 0.2) is 72.1 Å². The van der Waals surface area contributed by atoms with E-state index in [-0.39, 0.29) is 56.9 Å². The topological polar surface area (TPSA) is 342 Å². The van der Waals surface area contributed by atoms with Crippen molar-refractivity contribution >= 4 is 47.4 Å². The van der Waals surface area contributed by atoms with Gasteiger partial charge in [0.15, 0.2) is 5.96 Å². The van der Waals surface area contributed by atoms with E-state index in [0.29, 0.717) is 36.1 Å². The van der Waals surface area contributed by atoms with E-state index < -0.39 is 95.5 Å². The third-order valence-corrected chi connectivity index (χ3v) is 11.7. The summed E-state index contributed by atoms with van der Waals surface area (Å²) in [6, 6.07) is 6.64. The number of guanidine groups is 1. The number of carboxylic acid groups (broad SMARTS) is 1. The van der Waals surface area contributed by atoms with Crippen LogP contribution in [0.3, 0.4) is 0 Å². The number of phenolic OH excluding ortho intramolecular Hbond substituents is 1. The van der Waals surface area contributed by atoms with E-state index in [1.54, 1.807) is 63.2 Å². The fraction of sp³-hybridized carbons (Fsp3) is 0.500. The van der Waals surface area contributed by atoms with Crippen LogP contribution in [-0.4, -0.2) is 128 Å².